The Balaban J connectivity index is 2.57. The maximum atomic E-state index is 11.5. The number of hydrazone groups is 1. The molecule has 6 heteroatoms. The van der Waals surface area contributed by atoms with Crippen molar-refractivity contribution < 1.29 is 11.0 Å². The number of carbonyl (C=O) groups is 2. The van der Waals surface area contributed by atoms with Gasteiger partial charge in [-0.2, -0.15) is 5.10 Å². The molecular formula is C11H14N4O2. The van der Waals surface area contributed by atoms with Gasteiger partial charge in [0.2, 0.25) is 0 Å². The van der Waals surface area contributed by atoms with Crippen LogP contribution in [0.25, 0.3) is 0 Å². The van der Waals surface area contributed by atoms with Gasteiger partial charge in [0.1, 0.15) is 7.19 Å². The number of nitrogens with one attached hydrogen (secondary N) is 2. The first-order valence-corrected chi connectivity index (χ1v) is 5.17. The highest BCUT2D eigenvalue weighted by Gasteiger charge is 2.04. The Kier molecular flexibility index (Phi) is 4.70. The molecule has 0 aliphatic heterocycles. The molecule has 0 unspecified atom stereocenters. The van der Waals surface area contributed by atoms with Gasteiger partial charge in [0.25, 0.3) is 5.91 Å². The Hall–Kier alpha value is -2.24. The highest BCUT2D eigenvalue weighted by atomic mass is 16.1. The summed E-state index contributed by atoms with van der Waals surface area (Å²) in [6, 6.07) is 3.16. The van der Waals surface area contributed by atoms with Crippen molar-refractivity contribution in [2.24, 2.45) is 5.10 Å². The number of rotatable bonds is 6. The first-order chi connectivity index (χ1) is 8.63. The number of carbonyl (C=O) groups excluding carboxylic acids is 2. The molecule has 0 aliphatic carbocycles. The van der Waals surface area contributed by atoms with Crippen LogP contribution in [0.5, 0.6) is 0 Å². The predicted molar refractivity (Wildman–Crippen MR) is 65.0 cm³/mol. The van der Waals surface area contributed by atoms with Crippen LogP contribution in [-0.4, -0.2) is 29.9 Å². The lowest BCUT2D eigenvalue weighted by Crippen LogP contribution is -2.24. The Labute approximate surface area is 101 Å². The molecule has 1 heterocycles. The fraction of sp³-hybridized carbons (Fsp3) is 0.273. The molecule has 1 amide bonds. The van der Waals surface area contributed by atoms with E-state index in [2.05, 4.69) is 20.8 Å². The molecule has 0 aliphatic rings. The Morgan fingerprint density at radius 2 is 2.47 bits per heavy atom. The fourth-order valence-electron chi connectivity index (χ4n) is 1.06. The molecular weight excluding hydrogens is 220 g/mol. The van der Waals surface area contributed by atoms with Crippen LogP contribution in [0.3, 0.4) is 0 Å². The zero-order valence-corrected chi connectivity index (χ0v) is 9.43. The topological polar surface area (TPSA) is 83.5 Å². The first-order valence-electron chi connectivity index (χ1n) is 5.67. The normalized spacial score (nSPS) is 11.0. The number of hydrogen-bond donors (Lipinski definition) is 2. The van der Waals surface area contributed by atoms with Crippen molar-refractivity contribution in [1.29, 1.82) is 0 Å². The lowest BCUT2D eigenvalue weighted by molar-refractivity contribution is -0.102. The standard InChI is InChI=1S/C11H14N4O2/c1-2-5-12-11(17)9-3-4-10(13-8-9)15-14-6-7-16/h3-4,6-8H,2,5H2,1H3,(H,12,17)(H,13,15)/b14-6+/i7T. The second kappa shape index (κ2) is 7.10. The summed E-state index contributed by atoms with van der Waals surface area (Å²) < 4.78 is 6.60. The summed E-state index contributed by atoms with van der Waals surface area (Å²) in [5.41, 5.74) is 2.92. The smallest absolute Gasteiger partial charge is 0.252 e. The highest BCUT2D eigenvalue weighted by molar-refractivity contribution is 6.13. The van der Waals surface area contributed by atoms with E-state index >= 15 is 0 Å². The zero-order valence-electron chi connectivity index (χ0n) is 10.4. The summed E-state index contributed by atoms with van der Waals surface area (Å²) in [4.78, 5) is 25.8. The van der Waals surface area contributed by atoms with Crippen molar-refractivity contribution in [3.05, 3.63) is 23.9 Å². The molecule has 2 N–H and O–H groups in total. The van der Waals surface area contributed by atoms with Gasteiger partial charge in [-0.3, -0.25) is 15.0 Å². The number of pyridine rings is 1. The van der Waals surface area contributed by atoms with Gasteiger partial charge in [-0.25, -0.2) is 4.98 Å². The molecule has 0 radical (unpaired) electrons. The van der Waals surface area contributed by atoms with Gasteiger partial charge in [0, 0.05) is 12.7 Å². The summed E-state index contributed by atoms with van der Waals surface area (Å²) in [7, 11) is 0. The lowest BCUT2D eigenvalue weighted by Gasteiger charge is -2.03. The fourth-order valence-corrected chi connectivity index (χ4v) is 1.06. The molecule has 1 aromatic rings. The van der Waals surface area contributed by atoms with Crippen LogP contribution < -0.4 is 10.7 Å². The molecule has 0 spiro atoms. The summed E-state index contributed by atoms with van der Waals surface area (Å²) in [6.07, 6.45) is 2.20. The van der Waals surface area contributed by atoms with E-state index in [-0.39, 0.29) is 5.91 Å². The maximum absolute atomic E-state index is 11.5. The molecule has 90 valence electrons. The van der Waals surface area contributed by atoms with E-state index in [9.17, 15) is 9.59 Å². The van der Waals surface area contributed by atoms with Gasteiger partial charge >= 0.3 is 0 Å². The van der Waals surface area contributed by atoms with Gasteiger partial charge in [-0.05, 0) is 18.6 Å². The van der Waals surface area contributed by atoms with E-state index in [0.717, 1.165) is 12.6 Å². The van der Waals surface area contributed by atoms with Crippen molar-refractivity contribution >= 4 is 24.2 Å². The Morgan fingerprint density at radius 1 is 1.65 bits per heavy atom. The summed E-state index contributed by atoms with van der Waals surface area (Å²) in [5.74, 6) is 0.209. The van der Waals surface area contributed by atoms with Crippen LogP contribution in [0.2, 0.25) is 0 Å². The minimum Gasteiger partial charge on any atom is -0.352 e. The van der Waals surface area contributed by atoms with E-state index < -0.39 is 6.26 Å². The van der Waals surface area contributed by atoms with Crippen LogP contribution in [0.15, 0.2) is 23.4 Å². The Bertz CT molecular complexity index is 445. The minimum absolute atomic E-state index is 0.180. The minimum atomic E-state index is -0.905. The van der Waals surface area contributed by atoms with Crippen molar-refractivity contribution in [2.75, 3.05) is 12.0 Å². The largest absolute Gasteiger partial charge is 0.352 e. The quantitative estimate of drug-likeness (QED) is 0.435. The molecule has 0 bridgehead atoms. The number of aromatic nitrogens is 1. The predicted octanol–water partition coefficient (Wildman–Crippen LogP) is 0.818. The lowest BCUT2D eigenvalue weighted by atomic mass is 10.2. The van der Waals surface area contributed by atoms with Crippen LogP contribution in [0, 0.1) is 0 Å². The van der Waals surface area contributed by atoms with Crippen molar-refractivity contribution in [3.63, 3.8) is 0 Å². The second-order valence-electron chi connectivity index (χ2n) is 3.18. The van der Waals surface area contributed by atoms with E-state index in [0.29, 0.717) is 17.9 Å². The molecule has 1 aromatic heterocycles. The van der Waals surface area contributed by atoms with Gasteiger partial charge in [-0.1, -0.05) is 6.92 Å². The Morgan fingerprint density at radius 3 is 3.06 bits per heavy atom. The van der Waals surface area contributed by atoms with Gasteiger partial charge in [-0.15, -0.1) is 0 Å². The third-order valence-electron chi connectivity index (χ3n) is 1.86. The van der Waals surface area contributed by atoms with E-state index in [1.807, 2.05) is 6.92 Å². The number of anilines is 1. The maximum Gasteiger partial charge on any atom is 0.252 e. The molecule has 0 saturated heterocycles. The van der Waals surface area contributed by atoms with Gasteiger partial charge in [0.15, 0.2) is 6.26 Å². The SMILES string of the molecule is [3H]C(=O)/C=N/Nc1ccc(C(=O)NCCC)cn1. The molecule has 17 heavy (non-hydrogen) atoms. The van der Waals surface area contributed by atoms with Crippen molar-refractivity contribution in [1.82, 2.24) is 10.3 Å². The zero-order chi connectivity index (χ0) is 13.4. The van der Waals surface area contributed by atoms with Crippen molar-refractivity contribution in [3.8, 4) is 0 Å². The third-order valence-corrected chi connectivity index (χ3v) is 1.86. The van der Waals surface area contributed by atoms with E-state index in [4.69, 9.17) is 1.37 Å². The average molecular weight is 236 g/mol. The molecule has 6 nitrogen and oxygen atoms in total. The second-order valence-corrected chi connectivity index (χ2v) is 3.18. The number of hydrogen-bond acceptors (Lipinski definition) is 5. The molecule has 1 rings (SSSR count). The summed E-state index contributed by atoms with van der Waals surface area (Å²) in [6.45, 7) is 2.59. The van der Waals surface area contributed by atoms with Gasteiger partial charge < -0.3 is 5.32 Å². The van der Waals surface area contributed by atoms with Crippen LogP contribution in [0.1, 0.15) is 25.1 Å². The first kappa shape index (κ1) is 11.3. The van der Waals surface area contributed by atoms with E-state index in [1.54, 1.807) is 12.1 Å². The molecule has 0 fully saturated rings. The average Bonchev–Trinajstić information content (AvgIpc) is 2.36. The number of aldehydes is 1. The van der Waals surface area contributed by atoms with Crippen LogP contribution in [-0.2, 0) is 4.79 Å². The summed E-state index contributed by atoms with van der Waals surface area (Å²) >= 11 is 0. The third kappa shape index (κ3) is 4.42. The van der Waals surface area contributed by atoms with Crippen LogP contribution >= 0.6 is 0 Å². The van der Waals surface area contributed by atoms with Crippen molar-refractivity contribution in [2.45, 2.75) is 13.3 Å². The monoisotopic (exact) mass is 236 g/mol. The van der Waals surface area contributed by atoms with E-state index in [1.165, 1.54) is 6.20 Å². The molecule has 0 atom stereocenters. The highest BCUT2D eigenvalue weighted by Crippen LogP contribution is 2.04. The number of nitrogens with zero attached hydrogens (tertiary/aromatic N) is 2. The summed E-state index contributed by atoms with van der Waals surface area (Å²) in [5, 5.41) is 6.22. The molecule has 0 saturated carbocycles. The van der Waals surface area contributed by atoms with Gasteiger partial charge in [0.05, 0.1) is 11.8 Å². The number of amides is 1. The van der Waals surface area contributed by atoms with Crippen LogP contribution in [0.4, 0.5) is 5.82 Å². The molecule has 0 aromatic carbocycles.